The monoisotopic (exact) mass is 146 g/mol. The molecular weight excluding hydrogens is 136 g/mol. The van der Waals surface area contributed by atoms with Crippen LogP contribution in [0.2, 0.25) is 0 Å². The summed E-state index contributed by atoms with van der Waals surface area (Å²) in [6.45, 7) is 0.407. The lowest BCUT2D eigenvalue weighted by molar-refractivity contribution is -0.141. The highest BCUT2D eigenvalue weighted by atomic mass is 16.4. The molecule has 0 aliphatic carbocycles. The molecule has 1 saturated heterocycles. The molecule has 2 unspecified atom stereocenters. The molecule has 1 fully saturated rings. The van der Waals surface area contributed by atoms with Gasteiger partial charge >= 0.3 is 5.97 Å². The summed E-state index contributed by atoms with van der Waals surface area (Å²) >= 11 is 0. The number of hydrogen-bond acceptors (Lipinski definition) is 4. The minimum Gasteiger partial charge on any atom is -0.480 e. The molecule has 1 rings (SSSR count). The van der Waals surface area contributed by atoms with Gasteiger partial charge in [-0.2, -0.15) is 0 Å². The topological polar surface area (TPSA) is 81.6 Å². The number of nitrogens with one attached hydrogen (secondary N) is 2. The van der Waals surface area contributed by atoms with Gasteiger partial charge < -0.3 is 10.2 Å². The summed E-state index contributed by atoms with van der Waals surface area (Å²) in [6.07, 6.45) is -0.287. The average Bonchev–Trinajstić information content (AvgIpc) is 1.88. The van der Waals surface area contributed by atoms with Gasteiger partial charge in [-0.05, 0) is 0 Å². The summed E-state index contributed by atoms with van der Waals surface area (Å²) in [5.41, 5.74) is 5.12. The van der Waals surface area contributed by atoms with Crippen LogP contribution in [0, 0.1) is 0 Å². The van der Waals surface area contributed by atoms with E-state index in [0.717, 1.165) is 0 Å². The molecule has 1 heterocycles. The smallest absolute Gasteiger partial charge is 0.322 e. The third-order valence-electron chi connectivity index (χ3n) is 1.42. The van der Waals surface area contributed by atoms with Gasteiger partial charge in [0.1, 0.15) is 6.04 Å². The van der Waals surface area contributed by atoms with E-state index in [-0.39, 0.29) is 6.42 Å². The second-order valence-corrected chi connectivity index (χ2v) is 2.31. The predicted molar refractivity (Wildman–Crippen MR) is 33.2 cm³/mol. The Morgan fingerprint density at radius 2 is 2.30 bits per heavy atom. The second kappa shape index (κ2) is 2.96. The molecule has 0 spiro atoms. The maximum absolute atomic E-state index is 10.3. The largest absolute Gasteiger partial charge is 0.480 e. The summed E-state index contributed by atoms with van der Waals surface area (Å²) in [4.78, 5) is 10.3. The minimum absolute atomic E-state index is 0.266. The van der Waals surface area contributed by atoms with E-state index in [4.69, 9.17) is 10.2 Å². The number of hydrogen-bond donors (Lipinski definition) is 4. The van der Waals surface area contributed by atoms with Crippen LogP contribution in [0.3, 0.4) is 0 Å². The Bertz CT molecular complexity index is 139. The van der Waals surface area contributed by atoms with Gasteiger partial charge in [0.05, 0.1) is 6.10 Å². The van der Waals surface area contributed by atoms with Crippen molar-refractivity contribution in [2.24, 2.45) is 0 Å². The quantitative estimate of drug-likeness (QED) is 0.354. The molecule has 5 heteroatoms. The first kappa shape index (κ1) is 7.46. The number of carboxylic acid groups (broad SMARTS) is 1. The molecule has 0 bridgehead atoms. The third kappa shape index (κ3) is 1.66. The number of carbonyl (C=O) groups is 1. The average molecular weight is 146 g/mol. The molecule has 2 atom stereocenters. The Morgan fingerprint density at radius 3 is 2.70 bits per heavy atom. The molecule has 10 heavy (non-hydrogen) atoms. The zero-order chi connectivity index (χ0) is 7.56. The zero-order valence-electron chi connectivity index (χ0n) is 5.37. The van der Waals surface area contributed by atoms with Crippen molar-refractivity contribution in [3.8, 4) is 0 Å². The lowest BCUT2D eigenvalue weighted by Gasteiger charge is -2.24. The number of hydrazine groups is 1. The van der Waals surface area contributed by atoms with Crippen molar-refractivity contribution in [3.63, 3.8) is 0 Å². The van der Waals surface area contributed by atoms with E-state index in [2.05, 4.69) is 10.9 Å². The van der Waals surface area contributed by atoms with Gasteiger partial charge in [0.2, 0.25) is 0 Å². The van der Waals surface area contributed by atoms with Crippen molar-refractivity contribution in [1.29, 1.82) is 0 Å². The van der Waals surface area contributed by atoms with Gasteiger partial charge in [0, 0.05) is 13.0 Å². The molecule has 1 aliphatic rings. The van der Waals surface area contributed by atoms with Crippen molar-refractivity contribution in [3.05, 3.63) is 0 Å². The summed E-state index contributed by atoms with van der Waals surface area (Å²) < 4.78 is 0. The molecule has 4 N–H and O–H groups in total. The zero-order valence-corrected chi connectivity index (χ0v) is 5.37. The first-order chi connectivity index (χ1) is 4.70. The van der Waals surface area contributed by atoms with E-state index in [1.165, 1.54) is 0 Å². The fraction of sp³-hybridized carbons (Fsp3) is 0.800. The van der Waals surface area contributed by atoms with Crippen LogP contribution in [0.25, 0.3) is 0 Å². The molecule has 0 aromatic heterocycles. The van der Waals surface area contributed by atoms with Crippen molar-refractivity contribution in [2.75, 3.05) is 6.54 Å². The Morgan fingerprint density at radius 1 is 1.60 bits per heavy atom. The fourth-order valence-electron chi connectivity index (χ4n) is 0.877. The van der Waals surface area contributed by atoms with Crippen molar-refractivity contribution in [1.82, 2.24) is 10.9 Å². The number of aliphatic hydroxyl groups is 1. The Hall–Kier alpha value is -0.650. The number of aliphatic carboxylic acids is 1. The Balaban J connectivity index is 2.39. The Kier molecular flexibility index (Phi) is 2.21. The van der Waals surface area contributed by atoms with Crippen molar-refractivity contribution >= 4 is 5.97 Å². The summed E-state index contributed by atoms with van der Waals surface area (Å²) in [5.74, 6) is -0.939. The van der Waals surface area contributed by atoms with E-state index in [1.54, 1.807) is 0 Å². The van der Waals surface area contributed by atoms with E-state index < -0.39 is 18.1 Å². The van der Waals surface area contributed by atoms with E-state index in [1.807, 2.05) is 0 Å². The standard InChI is InChI=1S/C5H10N2O3/c8-3-1-4(5(9)10)7-6-2-3/h3-4,6-8H,1-2H2,(H,9,10). The van der Waals surface area contributed by atoms with Gasteiger partial charge in [-0.15, -0.1) is 0 Å². The van der Waals surface area contributed by atoms with Gasteiger partial charge in [-0.1, -0.05) is 0 Å². The second-order valence-electron chi connectivity index (χ2n) is 2.31. The third-order valence-corrected chi connectivity index (χ3v) is 1.42. The lowest BCUT2D eigenvalue weighted by atomic mass is 10.1. The summed E-state index contributed by atoms with van der Waals surface area (Å²) in [6, 6.07) is -0.663. The molecule has 0 radical (unpaired) electrons. The van der Waals surface area contributed by atoms with Crippen LogP contribution in [-0.4, -0.2) is 34.9 Å². The van der Waals surface area contributed by atoms with Gasteiger partial charge in [-0.3, -0.25) is 10.2 Å². The highest BCUT2D eigenvalue weighted by Crippen LogP contribution is 2.00. The fourth-order valence-corrected chi connectivity index (χ4v) is 0.877. The van der Waals surface area contributed by atoms with Gasteiger partial charge in [0.15, 0.2) is 0 Å². The molecule has 0 saturated carbocycles. The molecule has 1 aliphatic heterocycles. The molecule has 0 aromatic carbocycles. The number of β-amino-alcohol motifs (C(OH)–C–C–N with tert-alkyl or cyclic N) is 1. The van der Waals surface area contributed by atoms with Gasteiger partial charge in [0.25, 0.3) is 0 Å². The summed E-state index contributed by atoms with van der Waals surface area (Å²) in [5, 5.41) is 17.4. The first-order valence-electron chi connectivity index (χ1n) is 3.09. The summed E-state index contributed by atoms with van der Waals surface area (Å²) in [7, 11) is 0. The van der Waals surface area contributed by atoms with Crippen LogP contribution in [0.4, 0.5) is 0 Å². The van der Waals surface area contributed by atoms with E-state index in [9.17, 15) is 4.79 Å². The van der Waals surface area contributed by atoms with Gasteiger partial charge in [-0.25, -0.2) is 5.43 Å². The van der Waals surface area contributed by atoms with E-state index in [0.29, 0.717) is 6.54 Å². The SMILES string of the molecule is O=C(O)C1CC(O)CNN1. The lowest BCUT2D eigenvalue weighted by Crippen LogP contribution is -2.54. The van der Waals surface area contributed by atoms with Crippen LogP contribution < -0.4 is 10.9 Å². The van der Waals surface area contributed by atoms with E-state index >= 15 is 0 Å². The number of rotatable bonds is 1. The van der Waals surface area contributed by atoms with Crippen molar-refractivity contribution in [2.45, 2.75) is 18.6 Å². The molecule has 0 amide bonds. The highest BCUT2D eigenvalue weighted by molar-refractivity contribution is 5.73. The molecular formula is C5H10N2O3. The van der Waals surface area contributed by atoms with Crippen LogP contribution in [0.1, 0.15) is 6.42 Å². The minimum atomic E-state index is -0.939. The maximum Gasteiger partial charge on any atom is 0.322 e. The maximum atomic E-state index is 10.3. The number of aliphatic hydroxyl groups excluding tert-OH is 1. The van der Waals surface area contributed by atoms with Crippen molar-refractivity contribution < 1.29 is 15.0 Å². The van der Waals surface area contributed by atoms with Crippen LogP contribution in [0.5, 0.6) is 0 Å². The van der Waals surface area contributed by atoms with Crippen LogP contribution in [0.15, 0.2) is 0 Å². The van der Waals surface area contributed by atoms with Crippen LogP contribution in [-0.2, 0) is 4.79 Å². The molecule has 0 aromatic rings. The predicted octanol–water partition coefficient (Wildman–Crippen LogP) is -1.70. The van der Waals surface area contributed by atoms with Crippen LogP contribution >= 0.6 is 0 Å². The highest BCUT2D eigenvalue weighted by Gasteiger charge is 2.24. The molecule has 58 valence electrons. The Labute approximate surface area is 58.0 Å². The first-order valence-corrected chi connectivity index (χ1v) is 3.09. The number of carboxylic acids is 1. The normalized spacial score (nSPS) is 33.7. The molecule has 5 nitrogen and oxygen atoms in total.